The molecule has 0 spiro atoms. The maximum atomic E-state index is 11.8. The second kappa shape index (κ2) is 7.82. The molecule has 0 bridgehead atoms. The quantitative estimate of drug-likeness (QED) is 0.873. The molecule has 2 aliphatic heterocycles. The second-order valence-electron chi connectivity index (χ2n) is 6.98. The molecule has 2 aliphatic rings. The lowest BCUT2D eigenvalue weighted by atomic mass is 10.0. The smallest absolute Gasteiger partial charge is 0.227 e. The predicted octanol–water partition coefficient (Wildman–Crippen LogP) is 3.54. The van der Waals surface area contributed by atoms with Crippen LogP contribution in [0.15, 0.2) is 24.3 Å². The van der Waals surface area contributed by atoms with Crippen LogP contribution in [-0.2, 0) is 4.79 Å². The van der Waals surface area contributed by atoms with Crippen molar-refractivity contribution in [2.45, 2.75) is 64.0 Å². The first-order chi connectivity index (χ1) is 11.2. The lowest BCUT2D eigenvalue weighted by Crippen LogP contribution is -2.33. The summed E-state index contributed by atoms with van der Waals surface area (Å²) in [4.78, 5) is 13.7. The molecule has 0 saturated carbocycles. The highest BCUT2D eigenvalue weighted by atomic mass is 16.2. The third-order valence-electron chi connectivity index (χ3n) is 4.97. The van der Waals surface area contributed by atoms with Crippen molar-refractivity contribution in [2.75, 3.05) is 23.3 Å². The summed E-state index contributed by atoms with van der Waals surface area (Å²) >= 11 is 0. The predicted molar refractivity (Wildman–Crippen MR) is 96.0 cm³/mol. The Balaban J connectivity index is 1.52. The summed E-state index contributed by atoms with van der Waals surface area (Å²) in [6, 6.07) is 9.40. The van der Waals surface area contributed by atoms with Gasteiger partial charge < -0.3 is 15.5 Å². The summed E-state index contributed by atoms with van der Waals surface area (Å²) in [6.45, 7) is 4.27. The maximum absolute atomic E-state index is 11.8. The number of anilines is 2. The number of hydrogen-bond donors (Lipinski definition) is 2. The highest BCUT2D eigenvalue weighted by Gasteiger charge is 2.21. The fourth-order valence-electron chi connectivity index (χ4n) is 3.73. The lowest BCUT2D eigenvalue weighted by Gasteiger charge is -2.23. The first kappa shape index (κ1) is 16.3. The van der Waals surface area contributed by atoms with Gasteiger partial charge in [0.15, 0.2) is 0 Å². The summed E-state index contributed by atoms with van der Waals surface area (Å²) in [7, 11) is 0. The van der Waals surface area contributed by atoms with Gasteiger partial charge in [-0.3, -0.25) is 4.79 Å². The molecule has 0 aliphatic carbocycles. The van der Waals surface area contributed by atoms with E-state index in [0.717, 1.165) is 37.3 Å². The summed E-state index contributed by atoms with van der Waals surface area (Å²) in [5, 5.41) is 7.26. The molecular formula is C19H29N3O. The highest BCUT2D eigenvalue weighted by molar-refractivity contribution is 5.95. The van der Waals surface area contributed by atoms with Crippen molar-refractivity contribution in [2.24, 2.45) is 0 Å². The molecule has 1 aromatic rings. The van der Waals surface area contributed by atoms with Crippen molar-refractivity contribution >= 4 is 17.3 Å². The van der Waals surface area contributed by atoms with E-state index in [1.807, 2.05) is 4.90 Å². The molecule has 1 aromatic carbocycles. The SMILES string of the molecule is CC(CC1CCCCCN1)Nc1ccc(N2CCCC2=O)cc1. The minimum absolute atomic E-state index is 0.249. The average molecular weight is 315 g/mol. The molecule has 2 heterocycles. The molecule has 4 nitrogen and oxygen atoms in total. The first-order valence-electron chi connectivity index (χ1n) is 9.13. The van der Waals surface area contributed by atoms with Crippen molar-refractivity contribution in [1.29, 1.82) is 0 Å². The summed E-state index contributed by atoms with van der Waals surface area (Å²) in [5.41, 5.74) is 2.16. The average Bonchev–Trinajstić information content (AvgIpc) is 2.81. The molecule has 2 fully saturated rings. The van der Waals surface area contributed by atoms with Gasteiger partial charge in [-0.1, -0.05) is 12.8 Å². The van der Waals surface area contributed by atoms with Gasteiger partial charge in [0.05, 0.1) is 0 Å². The third kappa shape index (κ3) is 4.47. The Bertz CT molecular complexity index is 506. The maximum Gasteiger partial charge on any atom is 0.227 e. The van der Waals surface area contributed by atoms with Crippen molar-refractivity contribution in [3.8, 4) is 0 Å². The molecule has 2 unspecified atom stereocenters. The molecular weight excluding hydrogens is 286 g/mol. The van der Waals surface area contributed by atoms with Gasteiger partial charge in [0.2, 0.25) is 5.91 Å². The number of hydrogen-bond acceptors (Lipinski definition) is 3. The van der Waals surface area contributed by atoms with Gasteiger partial charge in [-0.2, -0.15) is 0 Å². The van der Waals surface area contributed by atoms with Crippen molar-refractivity contribution < 1.29 is 4.79 Å². The van der Waals surface area contributed by atoms with E-state index in [1.165, 1.54) is 25.7 Å². The van der Waals surface area contributed by atoms with E-state index in [0.29, 0.717) is 18.5 Å². The molecule has 2 N–H and O–H groups in total. The van der Waals surface area contributed by atoms with Crippen LogP contribution in [-0.4, -0.2) is 31.1 Å². The Hall–Kier alpha value is -1.55. The Morgan fingerprint density at radius 2 is 2.04 bits per heavy atom. The van der Waals surface area contributed by atoms with E-state index < -0.39 is 0 Å². The Morgan fingerprint density at radius 1 is 1.22 bits per heavy atom. The van der Waals surface area contributed by atoms with Crippen LogP contribution in [0.4, 0.5) is 11.4 Å². The Labute approximate surface area is 139 Å². The number of rotatable bonds is 5. The van der Waals surface area contributed by atoms with E-state index in [2.05, 4.69) is 41.8 Å². The van der Waals surface area contributed by atoms with Crippen LogP contribution in [0.2, 0.25) is 0 Å². The van der Waals surface area contributed by atoms with Crippen molar-refractivity contribution in [3.05, 3.63) is 24.3 Å². The monoisotopic (exact) mass is 315 g/mol. The van der Waals surface area contributed by atoms with Gasteiger partial charge in [-0.25, -0.2) is 0 Å². The Kier molecular flexibility index (Phi) is 5.55. The van der Waals surface area contributed by atoms with Crippen LogP contribution in [0.25, 0.3) is 0 Å². The molecule has 23 heavy (non-hydrogen) atoms. The van der Waals surface area contributed by atoms with Gasteiger partial charge in [-0.15, -0.1) is 0 Å². The number of nitrogens with zero attached hydrogens (tertiary/aromatic N) is 1. The normalized spacial score (nSPS) is 23.6. The van der Waals surface area contributed by atoms with Crippen LogP contribution < -0.4 is 15.5 Å². The lowest BCUT2D eigenvalue weighted by molar-refractivity contribution is -0.117. The topological polar surface area (TPSA) is 44.4 Å². The van der Waals surface area contributed by atoms with E-state index in [4.69, 9.17) is 0 Å². The molecule has 2 saturated heterocycles. The Morgan fingerprint density at radius 3 is 2.78 bits per heavy atom. The van der Waals surface area contributed by atoms with Crippen molar-refractivity contribution in [1.82, 2.24) is 5.32 Å². The zero-order valence-corrected chi connectivity index (χ0v) is 14.2. The molecule has 1 amide bonds. The number of nitrogens with one attached hydrogen (secondary N) is 2. The fraction of sp³-hybridized carbons (Fsp3) is 0.632. The van der Waals surface area contributed by atoms with E-state index >= 15 is 0 Å². The molecule has 0 radical (unpaired) electrons. The van der Waals surface area contributed by atoms with Crippen LogP contribution in [0, 0.1) is 0 Å². The van der Waals surface area contributed by atoms with Crippen LogP contribution in [0.1, 0.15) is 51.9 Å². The molecule has 4 heteroatoms. The van der Waals surface area contributed by atoms with Crippen molar-refractivity contribution in [3.63, 3.8) is 0 Å². The van der Waals surface area contributed by atoms with E-state index in [1.54, 1.807) is 0 Å². The van der Waals surface area contributed by atoms with Gasteiger partial charge in [-0.05, 0) is 63.4 Å². The van der Waals surface area contributed by atoms with Gasteiger partial charge in [0.1, 0.15) is 0 Å². The fourth-order valence-corrected chi connectivity index (χ4v) is 3.73. The van der Waals surface area contributed by atoms with Crippen LogP contribution in [0.5, 0.6) is 0 Å². The summed E-state index contributed by atoms with van der Waals surface area (Å²) < 4.78 is 0. The van der Waals surface area contributed by atoms with Crippen LogP contribution >= 0.6 is 0 Å². The second-order valence-corrected chi connectivity index (χ2v) is 6.98. The van der Waals surface area contributed by atoms with Gasteiger partial charge >= 0.3 is 0 Å². The number of benzene rings is 1. The highest BCUT2D eigenvalue weighted by Crippen LogP contribution is 2.23. The molecule has 3 rings (SSSR count). The zero-order chi connectivity index (χ0) is 16.1. The molecule has 0 aromatic heterocycles. The number of carbonyl (C=O) groups excluding carboxylic acids is 1. The minimum Gasteiger partial charge on any atom is -0.383 e. The van der Waals surface area contributed by atoms with E-state index in [-0.39, 0.29) is 5.91 Å². The number of carbonyl (C=O) groups is 1. The van der Waals surface area contributed by atoms with Gasteiger partial charge in [0, 0.05) is 36.4 Å². The van der Waals surface area contributed by atoms with Gasteiger partial charge in [0.25, 0.3) is 0 Å². The summed E-state index contributed by atoms with van der Waals surface area (Å²) in [5.74, 6) is 0.249. The third-order valence-corrected chi connectivity index (χ3v) is 4.97. The summed E-state index contributed by atoms with van der Waals surface area (Å²) in [6.07, 6.45) is 8.14. The first-order valence-corrected chi connectivity index (χ1v) is 9.13. The molecule has 2 atom stereocenters. The minimum atomic E-state index is 0.249. The zero-order valence-electron chi connectivity index (χ0n) is 14.2. The number of amides is 1. The van der Waals surface area contributed by atoms with Crippen LogP contribution in [0.3, 0.4) is 0 Å². The molecule has 126 valence electrons. The standard InChI is InChI=1S/C19H29N3O/c1-15(14-17-6-3-2-4-12-20-17)21-16-8-10-18(11-9-16)22-13-5-7-19(22)23/h8-11,15,17,20-21H,2-7,12-14H2,1H3. The van der Waals surface area contributed by atoms with E-state index in [9.17, 15) is 4.79 Å². The largest absolute Gasteiger partial charge is 0.383 e.